The number of para-hydroxylation sites is 1. The van der Waals surface area contributed by atoms with Crippen molar-refractivity contribution in [2.45, 2.75) is 5.51 Å². The second kappa shape index (κ2) is 4.24. The fourth-order valence-electron chi connectivity index (χ4n) is 0.990. The SMILES string of the molecule is NC(=O)c1ccccc1NS(=O)(=O)C(F)(F)F. The predicted octanol–water partition coefficient (Wildman–Crippen LogP) is 1.05. The van der Waals surface area contributed by atoms with Gasteiger partial charge in [0.15, 0.2) is 0 Å². The van der Waals surface area contributed by atoms with E-state index < -0.39 is 27.1 Å². The summed E-state index contributed by atoms with van der Waals surface area (Å²) in [6.45, 7) is 0. The van der Waals surface area contributed by atoms with Crippen molar-refractivity contribution in [3.63, 3.8) is 0 Å². The van der Waals surface area contributed by atoms with Gasteiger partial charge in [-0.05, 0) is 12.1 Å². The highest BCUT2D eigenvalue weighted by molar-refractivity contribution is 7.93. The van der Waals surface area contributed by atoms with Gasteiger partial charge in [0.05, 0.1) is 11.3 Å². The second-order valence-electron chi connectivity index (χ2n) is 2.96. The van der Waals surface area contributed by atoms with Crippen molar-refractivity contribution in [1.29, 1.82) is 0 Å². The van der Waals surface area contributed by atoms with Crippen LogP contribution in [0.4, 0.5) is 18.9 Å². The van der Waals surface area contributed by atoms with Crippen LogP contribution in [0.3, 0.4) is 0 Å². The minimum atomic E-state index is -5.56. The summed E-state index contributed by atoms with van der Waals surface area (Å²) < 4.78 is 59.1. The summed E-state index contributed by atoms with van der Waals surface area (Å²) in [4.78, 5) is 10.9. The molecule has 0 heterocycles. The molecule has 0 spiro atoms. The molecule has 0 aliphatic heterocycles. The Kier molecular flexibility index (Phi) is 3.32. The molecule has 9 heteroatoms. The molecule has 0 aromatic heterocycles. The average Bonchev–Trinajstić information content (AvgIpc) is 2.15. The van der Waals surface area contributed by atoms with Gasteiger partial charge in [-0.2, -0.15) is 21.6 Å². The fourth-order valence-corrected chi connectivity index (χ4v) is 1.57. The Balaban J connectivity index is 3.18. The largest absolute Gasteiger partial charge is 0.516 e. The molecule has 1 aromatic rings. The van der Waals surface area contributed by atoms with E-state index in [9.17, 15) is 26.4 Å². The molecule has 17 heavy (non-hydrogen) atoms. The summed E-state index contributed by atoms with van der Waals surface area (Å²) >= 11 is 0. The zero-order valence-electron chi connectivity index (χ0n) is 8.15. The van der Waals surface area contributed by atoms with Gasteiger partial charge in [-0.15, -0.1) is 0 Å². The summed E-state index contributed by atoms with van der Waals surface area (Å²) in [5, 5.41) is 0. The van der Waals surface area contributed by atoms with Gasteiger partial charge in [-0.25, -0.2) is 0 Å². The maximum absolute atomic E-state index is 12.1. The van der Waals surface area contributed by atoms with E-state index in [1.165, 1.54) is 16.9 Å². The molecule has 5 nitrogen and oxygen atoms in total. The zero-order valence-corrected chi connectivity index (χ0v) is 8.97. The first-order valence-corrected chi connectivity index (χ1v) is 5.61. The number of primary amides is 1. The normalized spacial score (nSPS) is 12.2. The van der Waals surface area contributed by atoms with Crippen molar-refractivity contribution >= 4 is 21.6 Å². The highest BCUT2D eigenvalue weighted by Gasteiger charge is 2.46. The topological polar surface area (TPSA) is 89.3 Å². The van der Waals surface area contributed by atoms with Crippen LogP contribution in [0.2, 0.25) is 0 Å². The van der Waals surface area contributed by atoms with E-state index in [4.69, 9.17) is 5.73 Å². The maximum atomic E-state index is 12.1. The number of benzene rings is 1. The van der Waals surface area contributed by atoms with Crippen LogP contribution in [0.1, 0.15) is 10.4 Å². The lowest BCUT2D eigenvalue weighted by Crippen LogP contribution is -2.30. The van der Waals surface area contributed by atoms with Crippen molar-refractivity contribution in [3.05, 3.63) is 29.8 Å². The second-order valence-corrected chi connectivity index (χ2v) is 4.63. The molecular formula is C8H7F3N2O3S. The number of halogens is 3. The number of nitrogens with one attached hydrogen (secondary N) is 1. The van der Waals surface area contributed by atoms with Crippen molar-refractivity contribution in [1.82, 2.24) is 0 Å². The summed E-state index contributed by atoms with van der Waals surface area (Å²) in [5.41, 5.74) is -1.44. The number of hydrogen-bond donors (Lipinski definition) is 2. The lowest BCUT2D eigenvalue weighted by molar-refractivity contribution is -0.0429. The number of carbonyl (C=O) groups excluding carboxylic acids is 1. The average molecular weight is 268 g/mol. The maximum Gasteiger partial charge on any atom is 0.516 e. The van der Waals surface area contributed by atoms with E-state index in [1.54, 1.807) is 0 Å². The molecule has 0 bridgehead atoms. The van der Waals surface area contributed by atoms with E-state index in [-0.39, 0.29) is 5.56 Å². The molecule has 1 rings (SSSR count). The summed E-state index contributed by atoms with van der Waals surface area (Å²) in [7, 11) is -5.56. The molecule has 1 aromatic carbocycles. The third kappa shape index (κ3) is 2.87. The Hall–Kier alpha value is -1.77. The standard InChI is InChI=1S/C8H7F3N2O3S/c9-8(10,11)17(15,16)13-6-4-2-1-3-5(6)7(12)14/h1-4,13H,(H2,12,14). The van der Waals surface area contributed by atoms with Gasteiger partial charge in [0.25, 0.3) is 5.91 Å². The first-order chi connectivity index (χ1) is 7.65. The van der Waals surface area contributed by atoms with Gasteiger partial charge in [-0.3, -0.25) is 9.52 Å². The number of alkyl halides is 3. The van der Waals surface area contributed by atoms with E-state index in [0.717, 1.165) is 12.1 Å². The lowest BCUT2D eigenvalue weighted by Gasteiger charge is -2.12. The third-order valence-corrected chi connectivity index (χ3v) is 2.84. The van der Waals surface area contributed by atoms with Gasteiger partial charge in [-0.1, -0.05) is 12.1 Å². The van der Waals surface area contributed by atoms with E-state index in [2.05, 4.69) is 0 Å². The van der Waals surface area contributed by atoms with Crippen LogP contribution >= 0.6 is 0 Å². The minimum Gasteiger partial charge on any atom is -0.366 e. The molecule has 94 valence electrons. The minimum absolute atomic E-state index is 0.347. The Bertz CT molecular complexity index is 539. The van der Waals surface area contributed by atoms with E-state index in [1.807, 2.05) is 0 Å². The van der Waals surface area contributed by atoms with Crippen LogP contribution in [0.25, 0.3) is 0 Å². The Labute approximate surface area is 94.5 Å². The molecule has 1 amide bonds. The molecule has 0 saturated heterocycles. The molecular weight excluding hydrogens is 261 g/mol. The van der Waals surface area contributed by atoms with Crippen molar-refractivity contribution in [2.75, 3.05) is 4.72 Å². The van der Waals surface area contributed by atoms with Crippen LogP contribution in [-0.2, 0) is 10.0 Å². The van der Waals surface area contributed by atoms with Crippen molar-refractivity contribution in [3.8, 4) is 0 Å². The molecule has 0 unspecified atom stereocenters. The highest BCUT2D eigenvalue weighted by Crippen LogP contribution is 2.26. The predicted molar refractivity (Wildman–Crippen MR) is 53.6 cm³/mol. The number of rotatable bonds is 3. The number of amides is 1. The smallest absolute Gasteiger partial charge is 0.366 e. The van der Waals surface area contributed by atoms with Crippen molar-refractivity contribution in [2.24, 2.45) is 5.73 Å². The third-order valence-electron chi connectivity index (χ3n) is 1.74. The number of anilines is 1. The molecule has 3 N–H and O–H groups in total. The molecule has 0 saturated carbocycles. The number of nitrogens with two attached hydrogens (primary N) is 1. The van der Waals surface area contributed by atoms with Gasteiger partial charge in [0, 0.05) is 0 Å². The fraction of sp³-hybridized carbons (Fsp3) is 0.125. The van der Waals surface area contributed by atoms with Crippen LogP contribution < -0.4 is 10.5 Å². The first-order valence-electron chi connectivity index (χ1n) is 4.13. The summed E-state index contributed by atoms with van der Waals surface area (Å²) in [6.07, 6.45) is 0. The first kappa shape index (κ1) is 13.3. The van der Waals surface area contributed by atoms with Gasteiger partial charge in [0.2, 0.25) is 0 Å². The summed E-state index contributed by atoms with van der Waals surface area (Å²) in [6, 6.07) is 4.71. The van der Waals surface area contributed by atoms with Crippen LogP contribution in [0.15, 0.2) is 24.3 Å². The molecule has 0 aliphatic rings. The monoisotopic (exact) mass is 268 g/mol. The van der Waals surface area contributed by atoms with Crippen LogP contribution in [0, 0.1) is 0 Å². The molecule has 0 radical (unpaired) electrons. The van der Waals surface area contributed by atoms with Gasteiger partial charge in [0.1, 0.15) is 0 Å². The lowest BCUT2D eigenvalue weighted by atomic mass is 10.2. The Morgan fingerprint density at radius 2 is 1.76 bits per heavy atom. The Morgan fingerprint density at radius 1 is 1.24 bits per heavy atom. The van der Waals surface area contributed by atoms with Crippen LogP contribution in [-0.4, -0.2) is 19.8 Å². The van der Waals surface area contributed by atoms with E-state index >= 15 is 0 Å². The summed E-state index contributed by atoms with van der Waals surface area (Å²) in [5.74, 6) is -1.04. The van der Waals surface area contributed by atoms with Gasteiger partial charge >= 0.3 is 15.5 Å². The van der Waals surface area contributed by atoms with Gasteiger partial charge < -0.3 is 5.73 Å². The van der Waals surface area contributed by atoms with Crippen LogP contribution in [0.5, 0.6) is 0 Å². The number of carbonyl (C=O) groups is 1. The quantitative estimate of drug-likeness (QED) is 0.858. The zero-order chi connectivity index (χ0) is 13.3. The highest BCUT2D eigenvalue weighted by atomic mass is 32.2. The number of sulfonamides is 1. The molecule has 0 fully saturated rings. The molecule has 0 aliphatic carbocycles. The number of hydrogen-bond acceptors (Lipinski definition) is 3. The Morgan fingerprint density at radius 3 is 2.24 bits per heavy atom. The van der Waals surface area contributed by atoms with E-state index in [0.29, 0.717) is 0 Å². The molecule has 0 atom stereocenters. The van der Waals surface area contributed by atoms with Crippen molar-refractivity contribution < 1.29 is 26.4 Å².